The number of esters is 1. The van der Waals surface area contributed by atoms with Crippen molar-refractivity contribution in [1.29, 1.82) is 0 Å². The Kier molecular flexibility index (Phi) is 7.44. The number of hydrogen-bond donors (Lipinski definition) is 2. The number of carboxylic acid groups (broad SMARTS) is 1. The lowest BCUT2D eigenvalue weighted by molar-refractivity contribution is -0.151. The van der Waals surface area contributed by atoms with E-state index in [9.17, 15) is 14.4 Å². The van der Waals surface area contributed by atoms with Crippen molar-refractivity contribution in [3.8, 4) is 0 Å². The standard InChI is InChI=1S/C19H25NO6/c21-16(22)12-19(9-5-2-6-10-19)13-20-18(24)26-14-25-17(23)11-15-7-3-1-4-8-15/h1,3-4,7-8H,2,5-6,9-14H2,(H,20,24)(H,21,22). The Hall–Kier alpha value is -2.57. The molecule has 0 bridgehead atoms. The SMILES string of the molecule is O=C(O)CC1(CNC(=O)OCOC(=O)Cc2ccccc2)CCCCC1. The Labute approximate surface area is 152 Å². The molecule has 0 heterocycles. The summed E-state index contributed by atoms with van der Waals surface area (Å²) in [6.07, 6.45) is 3.96. The average Bonchev–Trinajstić information content (AvgIpc) is 2.61. The Morgan fingerprint density at radius 1 is 1.04 bits per heavy atom. The van der Waals surface area contributed by atoms with Crippen LogP contribution in [0.4, 0.5) is 4.79 Å². The molecule has 26 heavy (non-hydrogen) atoms. The van der Waals surface area contributed by atoms with E-state index in [0.29, 0.717) is 0 Å². The number of benzene rings is 1. The van der Waals surface area contributed by atoms with Crippen molar-refractivity contribution in [2.75, 3.05) is 13.3 Å². The van der Waals surface area contributed by atoms with Crippen LogP contribution in [0.2, 0.25) is 0 Å². The number of hydrogen-bond acceptors (Lipinski definition) is 5. The summed E-state index contributed by atoms with van der Waals surface area (Å²) in [4.78, 5) is 34.6. The zero-order chi connectivity index (χ0) is 18.8. The van der Waals surface area contributed by atoms with Gasteiger partial charge >= 0.3 is 18.0 Å². The Balaban J connectivity index is 1.69. The molecule has 0 aromatic heterocycles. The maximum atomic E-state index is 11.8. The van der Waals surface area contributed by atoms with Crippen LogP contribution in [-0.4, -0.2) is 36.5 Å². The van der Waals surface area contributed by atoms with E-state index in [0.717, 1.165) is 37.7 Å². The van der Waals surface area contributed by atoms with Gasteiger partial charge < -0.3 is 19.9 Å². The number of carboxylic acids is 1. The fraction of sp³-hybridized carbons (Fsp3) is 0.526. The third kappa shape index (κ3) is 6.74. The fourth-order valence-electron chi connectivity index (χ4n) is 3.31. The maximum Gasteiger partial charge on any atom is 0.410 e. The summed E-state index contributed by atoms with van der Waals surface area (Å²) in [5.41, 5.74) is 0.391. The predicted molar refractivity (Wildman–Crippen MR) is 93.4 cm³/mol. The number of alkyl carbamates (subject to hydrolysis) is 1. The van der Waals surface area contributed by atoms with Crippen LogP contribution in [0.25, 0.3) is 0 Å². The summed E-state index contributed by atoms with van der Waals surface area (Å²) in [6.45, 7) is -0.223. The van der Waals surface area contributed by atoms with E-state index in [4.69, 9.17) is 14.6 Å². The first-order valence-corrected chi connectivity index (χ1v) is 8.81. The van der Waals surface area contributed by atoms with Gasteiger partial charge in [-0.25, -0.2) is 4.79 Å². The number of ether oxygens (including phenoxy) is 2. The smallest absolute Gasteiger partial charge is 0.410 e. The fourth-order valence-corrected chi connectivity index (χ4v) is 3.31. The molecule has 1 saturated carbocycles. The molecule has 1 aromatic carbocycles. The van der Waals surface area contributed by atoms with Gasteiger partial charge in [0.25, 0.3) is 0 Å². The van der Waals surface area contributed by atoms with Crippen molar-refractivity contribution >= 4 is 18.0 Å². The van der Waals surface area contributed by atoms with Gasteiger partial charge in [-0.1, -0.05) is 49.6 Å². The minimum atomic E-state index is -0.864. The molecule has 0 saturated heterocycles. The number of aliphatic carboxylic acids is 1. The summed E-state index contributed by atoms with van der Waals surface area (Å²) in [5.74, 6) is -1.35. The van der Waals surface area contributed by atoms with E-state index in [1.54, 1.807) is 12.1 Å². The molecule has 2 rings (SSSR count). The second-order valence-corrected chi connectivity index (χ2v) is 6.71. The number of nitrogens with one attached hydrogen (secondary N) is 1. The first-order chi connectivity index (χ1) is 12.5. The number of rotatable bonds is 8. The molecule has 1 amide bonds. The second-order valence-electron chi connectivity index (χ2n) is 6.71. The molecule has 2 N–H and O–H groups in total. The van der Waals surface area contributed by atoms with Crippen LogP contribution in [0.5, 0.6) is 0 Å². The summed E-state index contributed by atoms with van der Waals surface area (Å²) in [5, 5.41) is 11.7. The number of carbonyl (C=O) groups is 3. The minimum Gasteiger partial charge on any atom is -0.481 e. The molecule has 0 aliphatic heterocycles. The van der Waals surface area contributed by atoms with E-state index in [-0.39, 0.29) is 19.4 Å². The van der Waals surface area contributed by atoms with Crippen LogP contribution in [-0.2, 0) is 25.5 Å². The highest BCUT2D eigenvalue weighted by Gasteiger charge is 2.34. The van der Waals surface area contributed by atoms with E-state index in [1.807, 2.05) is 18.2 Å². The van der Waals surface area contributed by atoms with Crippen LogP contribution < -0.4 is 5.32 Å². The normalized spacial score (nSPS) is 15.7. The number of carbonyl (C=O) groups excluding carboxylic acids is 2. The quantitative estimate of drug-likeness (QED) is 0.544. The average molecular weight is 363 g/mol. The van der Waals surface area contributed by atoms with Gasteiger partial charge in [0, 0.05) is 6.54 Å². The minimum absolute atomic E-state index is 0.0271. The largest absolute Gasteiger partial charge is 0.481 e. The Morgan fingerprint density at radius 3 is 2.38 bits per heavy atom. The molecule has 1 aliphatic rings. The highest BCUT2D eigenvalue weighted by Crippen LogP contribution is 2.38. The van der Waals surface area contributed by atoms with E-state index in [2.05, 4.69) is 5.32 Å². The van der Waals surface area contributed by atoms with Gasteiger partial charge in [-0.2, -0.15) is 0 Å². The zero-order valence-electron chi connectivity index (χ0n) is 14.7. The van der Waals surface area contributed by atoms with Crippen molar-refractivity contribution in [1.82, 2.24) is 5.32 Å². The molecule has 0 atom stereocenters. The third-order valence-electron chi connectivity index (χ3n) is 4.65. The summed E-state index contributed by atoms with van der Waals surface area (Å²) >= 11 is 0. The molecule has 142 valence electrons. The molecule has 0 radical (unpaired) electrons. The molecule has 1 aliphatic carbocycles. The Bertz CT molecular complexity index is 610. The van der Waals surface area contributed by atoms with Crippen LogP contribution in [0, 0.1) is 5.41 Å². The van der Waals surface area contributed by atoms with Gasteiger partial charge in [0.15, 0.2) is 0 Å². The van der Waals surface area contributed by atoms with E-state index < -0.39 is 30.2 Å². The van der Waals surface area contributed by atoms with Gasteiger partial charge in [0.05, 0.1) is 12.8 Å². The van der Waals surface area contributed by atoms with Crippen molar-refractivity contribution in [3.05, 3.63) is 35.9 Å². The highest BCUT2D eigenvalue weighted by molar-refractivity contribution is 5.73. The Morgan fingerprint density at radius 2 is 1.73 bits per heavy atom. The monoisotopic (exact) mass is 363 g/mol. The molecular formula is C19H25NO6. The lowest BCUT2D eigenvalue weighted by Gasteiger charge is -2.36. The summed E-state index contributed by atoms with van der Waals surface area (Å²) in [7, 11) is 0. The van der Waals surface area contributed by atoms with E-state index in [1.165, 1.54) is 0 Å². The molecule has 0 spiro atoms. The van der Waals surface area contributed by atoms with Gasteiger partial charge in [-0.3, -0.25) is 9.59 Å². The van der Waals surface area contributed by atoms with Crippen molar-refractivity contribution in [3.63, 3.8) is 0 Å². The van der Waals surface area contributed by atoms with Crippen LogP contribution in [0.3, 0.4) is 0 Å². The number of amides is 1. The predicted octanol–water partition coefficient (Wildman–Crippen LogP) is 2.88. The molecular weight excluding hydrogens is 338 g/mol. The third-order valence-corrected chi connectivity index (χ3v) is 4.65. The van der Waals surface area contributed by atoms with Crippen LogP contribution >= 0.6 is 0 Å². The second kappa shape index (κ2) is 9.79. The first kappa shape index (κ1) is 19.8. The van der Waals surface area contributed by atoms with Crippen LogP contribution in [0.15, 0.2) is 30.3 Å². The lowest BCUT2D eigenvalue weighted by Crippen LogP contribution is -2.40. The van der Waals surface area contributed by atoms with Gasteiger partial charge in [0.2, 0.25) is 6.79 Å². The molecule has 1 aromatic rings. The van der Waals surface area contributed by atoms with Gasteiger partial charge in [-0.15, -0.1) is 0 Å². The molecule has 7 heteroatoms. The van der Waals surface area contributed by atoms with Crippen molar-refractivity contribution in [2.24, 2.45) is 5.41 Å². The molecule has 7 nitrogen and oxygen atoms in total. The van der Waals surface area contributed by atoms with Gasteiger partial charge in [-0.05, 0) is 23.8 Å². The molecule has 0 unspecified atom stereocenters. The summed E-state index contributed by atoms with van der Waals surface area (Å²) < 4.78 is 9.73. The van der Waals surface area contributed by atoms with Crippen molar-refractivity contribution < 1.29 is 29.0 Å². The van der Waals surface area contributed by atoms with Crippen molar-refractivity contribution in [2.45, 2.75) is 44.9 Å². The highest BCUT2D eigenvalue weighted by atomic mass is 16.7. The van der Waals surface area contributed by atoms with E-state index >= 15 is 0 Å². The van der Waals surface area contributed by atoms with Crippen LogP contribution in [0.1, 0.15) is 44.1 Å². The topological polar surface area (TPSA) is 102 Å². The first-order valence-electron chi connectivity index (χ1n) is 8.81. The molecule has 1 fully saturated rings. The zero-order valence-corrected chi connectivity index (χ0v) is 14.7. The summed E-state index contributed by atoms with van der Waals surface area (Å²) in [6, 6.07) is 9.11. The maximum absolute atomic E-state index is 11.8. The lowest BCUT2D eigenvalue weighted by atomic mass is 9.72. The van der Waals surface area contributed by atoms with Gasteiger partial charge in [0.1, 0.15) is 0 Å².